The molecule has 21 heavy (non-hydrogen) atoms. The lowest BCUT2D eigenvalue weighted by Crippen LogP contribution is -2.52. The number of anilines is 1. The smallest absolute Gasteiger partial charge is 0.328 e. The van der Waals surface area contributed by atoms with Gasteiger partial charge < -0.3 is 20.1 Å². The number of carboxylic acid groups (broad SMARTS) is 1. The molecule has 1 aliphatic heterocycles. The van der Waals surface area contributed by atoms with Crippen LogP contribution in [0.2, 0.25) is 0 Å². The van der Waals surface area contributed by atoms with E-state index in [1.54, 1.807) is 18.2 Å². The van der Waals surface area contributed by atoms with E-state index in [1.807, 2.05) is 0 Å². The van der Waals surface area contributed by atoms with Crippen LogP contribution in [0, 0.1) is 0 Å². The highest BCUT2D eigenvalue weighted by molar-refractivity contribution is 5.98. The van der Waals surface area contributed by atoms with Crippen LogP contribution in [-0.4, -0.2) is 53.6 Å². The Hall–Kier alpha value is -2.41. The van der Waals surface area contributed by atoms with E-state index < -0.39 is 17.9 Å². The topological polar surface area (TPSA) is 95.9 Å². The van der Waals surface area contributed by atoms with E-state index in [9.17, 15) is 14.4 Å². The first-order chi connectivity index (χ1) is 9.99. The summed E-state index contributed by atoms with van der Waals surface area (Å²) in [5.41, 5.74) is 0.822. The van der Waals surface area contributed by atoms with Crippen LogP contribution in [-0.2, 0) is 14.3 Å². The third-order valence-corrected chi connectivity index (χ3v) is 3.10. The molecule has 1 atom stereocenters. The number of amides is 2. The molecule has 0 aliphatic carbocycles. The highest BCUT2D eigenvalue weighted by Crippen LogP contribution is 2.16. The summed E-state index contributed by atoms with van der Waals surface area (Å²) in [5.74, 6) is -1.73. The molecule has 1 aromatic rings. The molecule has 1 fully saturated rings. The molecule has 2 rings (SSSR count). The van der Waals surface area contributed by atoms with Crippen LogP contribution in [0.3, 0.4) is 0 Å². The molecule has 0 radical (unpaired) electrons. The van der Waals surface area contributed by atoms with Gasteiger partial charge in [0.15, 0.2) is 6.04 Å². The minimum absolute atomic E-state index is 0.0214. The third kappa shape index (κ3) is 3.57. The van der Waals surface area contributed by atoms with E-state index >= 15 is 0 Å². The lowest BCUT2D eigenvalue weighted by molar-refractivity contribution is -0.147. The number of carbonyl (C=O) groups is 3. The second-order valence-corrected chi connectivity index (χ2v) is 4.69. The highest BCUT2D eigenvalue weighted by atomic mass is 16.5. The number of carbonyl (C=O) groups excluding carboxylic acids is 2. The predicted octanol–water partition coefficient (Wildman–Crippen LogP) is 0.571. The van der Waals surface area contributed by atoms with Crippen molar-refractivity contribution in [1.29, 1.82) is 0 Å². The lowest BCUT2D eigenvalue weighted by atomic mass is 10.1. The van der Waals surface area contributed by atoms with Gasteiger partial charge >= 0.3 is 5.97 Å². The number of benzene rings is 1. The molecule has 0 spiro atoms. The number of carboxylic acids is 1. The summed E-state index contributed by atoms with van der Waals surface area (Å²) in [7, 11) is 0. The predicted molar refractivity (Wildman–Crippen MR) is 74.0 cm³/mol. The van der Waals surface area contributed by atoms with Gasteiger partial charge in [0.05, 0.1) is 13.2 Å². The number of rotatable bonds is 3. The molecule has 0 saturated carbocycles. The van der Waals surface area contributed by atoms with E-state index in [1.165, 1.54) is 17.9 Å². The van der Waals surface area contributed by atoms with Gasteiger partial charge in [0, 0.05) is 24.7 Å². The first-order valence-electron chi connectivity index (χ1n) is 6.48. The minimum atomic E-state index is -1.10. The van der Waals surface area contributed by atoms with Crippen LogP contribution in [0.4, 0.5) is 5.69 Å². The molecule has 7 nitrogen and oxygen atoms in total. The molecule has 0 aromatic heterocycles. The molecule has 1 unspecified atom stereocenters. The normalized spacial score (nSPS) is 18.1. The maximum absolute atomic E-state index is 12.4. The molecule has 2 N–H and O–H groups in total. The maximum Gasteiger partial charge on any atom is 0.328 e. The van der Waals surface area contributed by atoms with Gasteiger partial charge in [-0.05, 0) is 18.2 Å². The Morgan fingerprint density at radius 1 is 1.38 bits per heavy atom. The van der Waals surface area contributed by atoms with Crippen molar-refractivity contribution in [1.82, 2.24) is 4.90 Å². The fourth-order valence-corrected chi connectivity index (χ4v) is 2.15. The van der Waals surface area contributed by atoms with Crippen LogP contribution in [0.25, 0.3) is 0 Å². The molecule has 2 amide bonds. The summed E-state index contributed by atoms with van der Waals surface area (Å²) in [6.45, 7) is 1.88. The van der Waals surface area contributed by atoms with E-state index in [4.69, 9.17) is 9.84 Å². The van der Waals surface area contributed by atoms with Crippen LogP contribution >= 0.6 is 0 Å². The number of hydrogen-bond acceptors (Lipinski definition) is 4. The van der Waals surface area contributed by atoms with Crippen LogP contribution in [0.1, 0.15) is 17.3 Å². The van der Waals surface area contributed by atoms with E-state index in [-0.39, 0.29) is 19.1 Å². The second-order valence-electron chi connectivity index (χ2n) is 4.69. The molecule has 112 valence electrons. The van der Waals surface area contributed by atoms with Gasteiger partial charge in [-0.3, -0.25) is 9.59 Å². The van der Waals surface area contributed by atoms with Crippen molar-refractivity contribution in [2.24, 2.45) is 0 Å². The second kappa shape index (κ2) is 6.36. The standard InChI is InChI=1S/C14H16N2O5/c1-9(17)15-11-4-2-3-10(7-11)13(18)16-5-6-21-8-12(16)14(19)20/h2-4,7,12H,5-6,8H2,1H3,(H,15,17)(H,19,20). The van der Waals surface area contributed by atoms with Crippen LogP contribution in [0.15, 0.2) is 24.3 Å². The average molecular weight is 292 g/mol. The summed E-state index contributed by atoms with van der Waals surface area (Å²) in [6.07, 6.45) is 0. The van der Waals surface area contributed by atoms with Gasteiger partial charge in [-0.15, -0.1) is 0 Å². The molecule has 0 bridgehead atoms. The average Bonchev–Trinajstić information content (AvgIpc) is 2.46. The van der Waals surface area contributed by atoms with Crippen LogP contribution in [0.5, 0.6) is 0 Å². The van der Waals surface area contributed by atoms with Crippen molar-refractivity contribution in [3.63, 3.8) is 0 Å². The lowest BCUT2D eigenvalue weighted by Gasteiger charge is -2.32. The Labute approximate surface area is 121 Å². The van der Waals surface area contributed by atoms with Crippen molar-refractivity contribution in [2.45, 2.75) is 13.0 Å². The first kappa shape index (κ1) is 15.0. The molecule has 1 saturated heterocycles. The van der Waals surface area contributed by atoms with Gasteiger partial charge in [-0.2, -0.15) is 0 Å². The van der Waals surface area contributed by atoms with Gasteiger partial charge in [-0.25, -0.2) is 4.79 Å². The Balaban J connectivity index is 2.22. The van der Waals surface area contributed by atoms with Gasteiger partial charge in [-0.1, -0.05) is 6.07 Å². The Morgan fingerprint density at radius 3 is 2.81 bits per heavy atom. The minimum Gasteiger partial charge on any atom is -0.480 e. The Kier molecular flexibility index (Phi) is 4.54. The third-order valence-electron chi connectivity index (χ3n) is 3.10. The zero-order chi connectivity index (χ0) is 15.4. The van der Waals surface area contributed by atoms with E-state index in [0.29, 0.717) is 17.9 Å². The molecule has 7 heteroatoms. The van der Waals surface area contributed by atoms with Crippen molar-refractivity contribution < 1.29 is 24.2 Å². The maximum atomic E-state index is 12.4. The zero-order valence-corrected chi connectivity index (χ0v) is 11.5. The largest absolute Gasteiger partial charge is 0.480 e. The highest BCUT2D eigenvalue weighted by Gasteiger charge is 2.33. The molecule has 1 aromatic carbocycles. The number of aliphatic carboxylic acids is 1. The Bertz CT molecular complexity index is 572. The number of nitrogens with one attached hydrogen (secondary N) is 1. The first-order valence-corrected chi connectivity index (χ1v) is 6.48. The number of morpholine rings is 1. The van der Waals surface area contributed by atoms with Crippen LogP contribution < -0.4 is 5.32 Å². The Morgan fingerprint density at radius 2 is 2.14 bits per heavy atom. The molecular formula is C14H16N2O5. The number of nitrogens with zero attached hydrogens (tertiary/aromatic N) is 1. The molecule has 1 aliphatic rings. The summed E-state index contributed by atoms with van der Waals surface area (Å²) >= 11 is 0. The van der Waals surface area contributed by atoms with Gasteiger partial charge in [0.25, 0.3) is 5.91 Å². The van der Waals surface area contributed by atoms with Crippen molar-refractivity contribution in [2.75, 3.05) is 25.1 Å². The monoisotopic (exact) mass is 292 g/mol. The van der Waals surface area contributed by atoms with Crippen molar-refractivity contribution >= 4 is 23.5 Å². The fourth-order valence-electron chi connectivity index (χ4n) is 2.15. The zero-order valence-electron chi connectivity index (χ0n) is 11.5. The summed E-state index contributed by atoms with van der Waals surface area (Å²) in [4.78, 5) is 35.9. The quantitative estimate of drug-likeness (QED) is 0.849. The molecular weight excluding hydrogens is 276 g/mol. The van der Waals surface area contributed by atoms with Gasteiger partial charge in [0.1, 0.15) is 0 Å². The molecule has 1 heterocycles. The summed E-state index contributed by atoms with van der Waals surface area (Å²) in [6, 6.07) is 5.41. The van der Waals surface area contributed by atoms with Crippen molar-refractivity contribution in [3.8, 4) is 0 Å². The number of ether oxygens (including phenoxy) is 1. The summed E-state index contributed by atoms with van der Waals surface area (Å²) < 4.78 is 5.10. The van der Waals surface area contributed by atoms with Gasteiger partial charge in [0.2, 0.25) is 5.91 Å². The SMILES string of the molecule is CC(=O)Nc1cccc(C(=O)N2CCOCC2C(=O)O)c1. The fraction of sp³-hybridized carbons (Fsp3) is 0.357. The summed E-state index contributed by atoms with van der Waals surface area (Å²) in [5, 5.41) is 11.7. The number of hydrogen-bond donors (Lipinski definition) is 2. The van der Waals surface area contributed by atoms with Crippen molar-refractivity contribution in [3.05, 3.63) is 29.8 Å². The van der Waals surface area contributed by atoms with E-state index in [2.05, 4.69) is 5.32 Å². The van der Waals surface area contributed by atoms with E-state index in [0.717, 1.165) is 0 Å².